The number of nitrogens with two attached hydrogens (primary N) is 1. The molecular formula is C8H16ClNO2. The van der Waals surface area contributed by atoms with Gasteiger partial charge in [-0.2, -0.15) is 0 Å². The fourth-order valence-corrected chi connectivity index (χ4v) is 2.01. The van der Waals surface area contributed by atoms with Gasteiger partial charge in [0.2, 0.25) is 0 Å². The van der Waals surface area contributed by atoms with Crippen LogP contribution >= 0.6 is 12.4 Å². The van der Waals surface area contributed by atoms with Gasteiger partial charge in [-0.1, -0.05) is 0 Å². The minimum Gasteiger partial charge on any atom is -0.376 e. The lowest BCUT2D eigenvalue weighted by Crippen LogP contribution is -2.54. The molecule has 0 unspecified atom stereocenters. The Bertz CT molecular complexity index is 140. The molecule has 12 heavy (non-hydrogen) atoms. The monoisotopic (exact) mass is 193 g/mol. The highest BCUT2D eigenvalue weighted by molar-refractivity contribution is 5.85. The van der Waals surface area contributed by atoms with Gasteiger partial charge in [-0.25, -0.2) is 0 Å². The van der Waals surface area contributed by atoms with E-state index in [4.69, 9.17) is 15.2 Å². The lowest BCUT2D eigenvalue weighted by atomic mass is 9.71. The average molecular weight is 194 g/mol. The van der Waals surface area contributed by atoms with E-state index in [1.165, 1.54) is 0 Å². The lowest BCUT2D eigenvalue weighted by molar-refractivity contribution is -0.208. The summed E-state index contributed by atoms with van der Waals surface area (Å²) in [5.74, 6) is 0.677. The van der Waals surface area contributed by atoms with Gasteiger partial charge in [0.1, 0.15) is 0 Å². The van der Waals surface area contributed by atoms with E-state index in [2.05, 4.69) is 0 Å². The SMILES string of the molecule is Cl.NCC1CC2(COCCO2)C1. The topological polar surface area (TPSA) is 44.5 Å². The van der Waals surface area contributed by atoms with E-state index < -0.39 is 0 Å². The van der Waals surface area contributed by atoms with Gasteiger partial charge >= 0.3 is 0 Å². The lowest BCUT2D eigenvalue weighted by Gasteiger charge is -2.48. The van der Waals surface area contributed by atoms with Crippen molar-refractivity contribution in [1.29, 1.82) is 0 Å². The van der Waals surface area contributed by atoms with Gasteiger partial charge in [0, 0.05) is 0 Å². The van der Waals surface area contributed by atoms with Crippen molar-refractivity contribution in [3.8, 4) is 0 Å². The minimum absolute atomic E-state index is 0. The largest absolute Gasteiger partial charge is 0.376 e. The molecule has 0 bridgehead atoms. The Kier molecular flexibility index (Phi) is 3.35. The number of hydrogen-bond donors (Lipinski definition) is 1. The molecule has 1 saturated carbocycles. The highest BCUT2D eigenvalue weighted by atomic mass is 35.5. The first kappa shape index (κ1) is 10.3. The van der Waals surface area contributed by atoms with Gasteiger partial charge in [0.05, 0.1) is 25.4 Å². The number of ether oxygens (including phenoxy) is 2. The molecule has 2 aliphatic rings. The molecule has 0 aromatic heterocycles. The van der Waals surface area contributed by atoms with E-state index in [1.54, 1.807) is 0 Å². The molecule has 2 fully saturated rings. The zero-order valence-corrected chi connectivity index (χ0v) is 7.94. The van der Waals surface area contributed by atoms with Crippen LogP contribution in [0.15, 0.2) is 0 Å². The van der Waals surface area contributed by atoms with Crippen LogP contribution in [-0.2, 0) is 9.47 Å². The van der Waals surface area contributed by atoms with Gasteiger partial charge in [-0.15, -0.1) is 12.4 Å². The van der Waals surface area contributed by atoms with Crippen LogP contribution in [0.2, 0.25) is 0 Å². The average Bonchev–Trinajstić information content (AvgIpc) is 2.01. The van der Waals surface area contributed by atoms with Crippen molar-refractivity contribution in [3.05, 3.63) is 0 Å². The smallest absolute Gasteiger partial charge is 0.0922 e. The second-order valence-electron chi connectivity index (χ2n) is 3.59. The molecule has 0 amide bonds. The van der Waals surface area contributed by atoms with Crippen LogP contribution in [0.5, 0.6) is 0 Å². The van der Waals surface area contributed by atoms with Crippen LogP contribution in [0.25, 0.3) is 0 Å². The second-order valence-corrected chi connectivity index (χ2v) is 3.59. The third-order valence-corrected chi connectivity index (χ3v) is 2.66. The predicted octanol–water partition coefficient (Wildman–Crippen LogP) is 0.562. The van der Waals surface area contributed by atoms with Crippen LogP contribution < -0.4 is 5.73 Å². The van der Waals surface area contributed by atoms with Crippen LogP contribution in [-0.4, -0.2) is 32.0 Å². The highest BCUT2D eigenvalue weighted by Gasteiger charge is 2.46. The Hall–Kier alpha value is 0.170. The van der Waals surface area contributed by atoms with Gasteiger partial charge in [-0.3, -0.25) is 0 Å². The van der Waals surface area contributed by atoms with E-state index in [-0.39, 0.29) is 18.0 Å². The van der Waals surface area contributed by atoms with Crippen molar-refractivity contribution in [1.82, 2.24) is 0 Å². The fourth-order valence-electron chi connectivity index (χ4n) is 2.01. The van der Waals surface area contributed by atoms with Crippen molar-refractivity contribution < 1.29 is 9.47 Å². The molecule has 1 heterocycles. The standard InChI is InChI=1S/C8H15NO2.ClH/c9-5-7-3-8(4-7)6-10-1-2-11-8;/h7H,1-6,9H2;1H. The Labute approximate surface area is 79.0 Å². The molecule has 2 rings (SSSR count). The molecule has 0 aromatic rings. The van der Waals surface area contributed by atoms with E-state index in [0.717, 1.165) is 39.2 Å². The van der Waals surface area contributed by atoms with E-state index in [0.29, 0.717) is 5.92 Å². The summed E-state index contributed by atoms with van der Waals surface area (Å²) in [5.41, 5.74) is 5.60. The summed E-state index contributed by atoms with van der Waals surface area (Å²) >= 11 is 0. The van der Waals surface area contributed by atoms with Crippen molar-refractivity contribution in [3.63, 3.8) is 0 Å². The number of hydrogen-bond acceptors (Lipinski definition) is 3. The zero-order chi connectivity index (χ0) is 7.73. The molecule has 1 spiro atoms. The van der Waals surface area contributed by atoms with Crippen molar-refractivity contribution in [2.24, 2.45) is 11.7 Å². The second kappa shape index (κ2) is 3.92. The molecule has 1 aliphatic carbocycles. The Morgan fingerprint density at radius 2 is 2.08 bits per heavy atom. The van der Waals surface area contributed by atoms with E-state index >= 15 is 0 Å². The molecular weight excluding hydrogens is 178 g/mol. The Morgan fingerprint density at radius 1 is 1.33 bits per heavy atom. The number of rotatable bonds is 1. The van der Waals surface area contributed by atoms with Crippen molar-refractivity contribution in [2.45, 2.75) is 18.4 Å². The highest BCUT2D eigenvalue weighted by Crippen LogP contribution is 2.41. The Balaban J connectivity index is 0.000000720. The maximum Gasteiger partial charge on any atom is 0.0922 e. The molecule has 3 nitrogen and oxygen atoms in total. The number of halogens is 1. The van der Waals surface area contributed by atoms with Gasteiger partial charge in [0.15, 0.2) is 0 Å². The van der Waals surface area contributed by atoms with Crippen LogP contribution in [0.4, 0.5) is 0 Å². The first-order valence-electron chi connectivity index (χ1n) is 4.26. The third-order valence-electron chi connectivity index (χ3n) is 2.66. The molecule has 0 aromatic carbocycles. The predicted molar refractivity (Wildman–Crippen MR) is 48.5 cm³/mol. The van der Waals surface area contributed by atoms with Gasteiger partial charge in [0.25, 0.3) is 0 Å². The van der Waals surface area contributed by atoms with Crippen LogP contribution in [0, 0.1) is 5.92 Å². The fraction of sp³-hybridized carbons (Fsp3) is 1.00. The van der Waals surface area contributed by atoms with Crippen molar-refractivity contribution >= 4 is 12.4 Å². The summed E-state index contributed by atoms with van der Waals surface area (Å²) in [6.45, 7) is 3.10. The molecule has 1 aliphatic heterocycles. The van der Waals surface area contributed by atoms with Crippen LogP contribution in [0.1, 0.15) is 12.8 Å². The van der Waals surface area contributed by atoms with Crippen LogP contribution in [0.3, 0.4) is 0 Å². The molecule has 0 atom stereocenters. The maximum absolute atomic E-state index is 5.65. The summed E-state index contributed by atoms with van der Waals surface area (Å²) in [5, 5.41) is 0. The van der Waals surface area contributed by atoms with E-state index in [1.807, 2.05) is 0 Å². The maximum atomic E-state index is 5.65. The molecule has 1 saturated heterocycles. The third kappa shape index (κ3) is 1.74. The summed E-state index contributed by atoms with van der Waals surface area (Å²) in [6, 6.07) is 0. The Morgan fingerprint density at radius 3 is 2.58 bits per heavy atom. The minimum atomic E-state index is 0. The molecule has 72 valence electrons. The summed E-state index contributed by atoms with van der Waals surface area (Å²) in [7, 11) is 0. The normalized spacial score (nSPS) is 40.2. The molecule has 4 heteroatoms. The quantitative estimate of drug-likeness (QED) is 0.662. The zero-order valence-electron chi connectivity index (χ0n) is 7.12. The summed E-state index contributed by atoms with van der Waals surface area (Å²) < 4.78 is 11.0. The molecule has 0 radical (unpaired) electrons. The molecule has 2 N–H and O–H groups in total. The van der Waals surface area contributed by atoms with Crippen molar-refractivity contribution in [2.75, 3.05) is 26.4 Å². The van der Waals surface area contributed by atoms with Gasteiger partial charge in [-0.05, 0) is 25.3 Å². The first-order chi connectivity index (χ1) is 5.35. The van der Waals surface area contributed by atoms with Gasteiger partial charge < -0.3 is 15.2 Å². The van der Waals surface area contributed by atoms with E-state index in [9.17, 15) is 0 Å². The first-order valence-corrected chi connectivity index (χ1v) is 4.26. The summed E-state index contributed by atoms with van der Waals surface area (Å²) in [6.07, 6.45) is 2.20. The summed E-state index contributed by atoms with van der Waals surface area (Å²) in [4.78, 5) is 0.